The van der Waals surface area contributed by atoms with Crippen molar-refractivity contribution in [1.29, 1.82) is 0 Å². The lowest BCUT2D eigenvalue weighted by Crippen LogP contribution is -2.32. The van der Waals surface area contributed by atoms with E-state index < -0.39 is 18.7 Å². The quantitative estimate of drug-likeness (QED) is 0.760. The van der Waals surface area contributed by atoms with Gasteiger partial charge in [-0.25, -0.2) is 4.39 Å². The van der Waals surface area contributed by atoms with E-state index in [4.69, 9.17) is 10.8 Å². The number of carboxylic acids is 1. The van der Waals surface area contributed by atoms with E-state index in [2.05, 4.69) is 0 Å². The van der Waals surface area contributed by atoms with Crippen LogP contribution in [0.15, 0.2) is 24.3 Å². The van der Waals surface area contributed by atoms with Crippen LogP contribution in [0, 0.1) is 0 Å². The highest BCUT2D eigenvalue weighted by Gasteiger charge is 2.11. The normalized spacial score (nSPS) is 12.4. The van der Waals surface area contributed by atoms with Crippen molar-refractivity contribution in [2.24, 2.45) is 5.73 Å². The number of aliphatic carboxylic acids is 1. The summed E-state index contributed by atoms with van der Waals surface area (Å²) in [5.74, 6) is -1.03. The Balaban J connectivity index is 2.64. The molecule has 0 heterocycles. The number of carbonyl (C=O) groups is 1. The van der Waals surface area contributed by atoms with E-state index in [1.165, 1.54) is 0 Å². The molecule has 1 aromatic rings. The predicted octanol–water partition coefficient (Wildman–Crippen LogP) is 1.11. The van der Waals surface area contributed by atoms with Gasteiger partial charge in [0, 0.05) is 0 Å². The molecule has 0 saturated carbocycles. The molecule has 0 saturated heterocycles. The van der Waals surface area contributed by atoms with Crippen LogP contribution in [0.5, 0.6) is 0 Å². The van der Waals surface area contributed by atoms with Gasteiger partial charge in [0.15, 0.2) is 0 Å². The lowest BCUT2D eigenvalue weighted by Gasteiger charge is -2.06. The Bertz CT molecular complexity index is 310. The third kappa shape index (κ3) is 2.81. The Kier molecular flexibility index (Phi) is 3.59. The average molecular weight is 197 g/mol. The van der Waals surface area contributed by atoms with Crippen molar-refractivity contribution in [2.45, 2.75) is 19.1 Å². The van der Waals surface area contributed by atoms with Gasteiger partial charge in [0.05, 0.1) is 0 Å². The van der Waals surface area contributed by atoms with Gasteiger partial charge in [0.25, 0.3) is 0 Å². The minimum atomic E-state index is -1.03. The van der Waals surface area contributed by atoms with Crippen molar-refractivity contribution in [3.8, 4) is 0 Å². The van der Waals surface area contributed by atoms with Gasteiger partial charge in [0.1, 0.15) is 12.7 Å². The maximum Gasteiger partial charge on any atom is 0.320 e. The topological polar surface area (TPSA) is 63.3 Å². The molecule has 0 aliphatic heterocycles. The number of halogens is 1. The molecule has 0 radical (unpaired) electrons. The van der Waals surface area contributed by atoms with Crippen molar-refractivity contribution < 1.29 is 14.3 Å². The van der Waals surface area contributed by atoms with Gasteiger partial charge < -0.3 is 10.8 Å². The molecular weight excluding hydrogens is 185 g/mol. The fourth-order valence-electron chi connectivity index (χ4n) is 1.11. The Hall–Kier alpha value is -1.42. The second kappa shape index (κ2) is 4.72. The van der Waals surface area contributed by atoms with Gasteiger partial charge in [-0.2, -0.15) is 0 Å². The fourth-order valence-corrected chi connectivity index (χ4v) is 1.11. The summed E-state index contributed by atoms with van der Waals surface area (Å²) in [6.07, 6.45) is 0.266. The Labute approximate surface area is 81.4 Å². The number of rotatable bonds is 4. The first-order chi connectivity index (χ1) is 6.63. The van der Waals surface area contributed by atoms with Gasteiger partial charge in [-0.3, -0.25) is 4.79 Å². The summed E-state index contributed by atoms with van der Waals surface area (Å²) < 4.78 is 12.1. The van der Waals surface area contributed by atoms with Crippen molar-refractivity contribution in [3.05, 3.63) is 35.4 Å². The zero-order chi connectivity index (χ0) is 10.6. The minimum absolute atomic E-state index is 0.266. The predicted molar refractivity (Wildman–Crippen MR) is 50.6 cm³/mol. The van der Waals surface area contributed by atoms with Crippen molar-refractivity contribution in [1.82, 2.24) is 0 Å². The first kappa shape index (κ1) is 10.7. The van der Waals surface area contributed by atoms with E-state index in [1.54, 1.807) is 24.3 Å². The van der Waals surface area contributed by atoms with E-state index in [9.17, 15) is 9.18 Å². The molecule has 0 fully saturated rings. The highest BCUT2D eigenvalue weighted by molar-refractivity contribution is 5.73. The molecule has 4 heteroatoms. The van der Waals surface area contributed by atoms with Gasteiger partial charge >= 0.3 is 5.97 Å². The Morgan fingerprint density at radius 1 is 1.36 bits per heavy atom. The van der Waals surface area contributed by atoms with E-state index in [0.29, 0.717) is 5.56 Å². The smallest absolute Gasteiger partial charge is 0.320 e. The first-order valence-electron chi connectivity index (χ1n) is 4.25. The zero-order valence-electron chi connectivity index (χ0n) is 7.61. The fraction of sp³-hybridized carbons (Fsp3) is 0.300. The zero-order valence-corrected chi connectivity index (χ0v) is 7.61. The van der Waals surface area contributed by atoms with Crippen LogP contribution in [0.1, 0.15) is 11.1 Å². The number of benzene rings is 1. The van der Waals surface area contributed by atoms with Gasteiger partial charge in [-0.1, -0.05) is 24.3 Å². The lowest BCUT2D eigenvalue weighted by molar-refractivity contribution is -0.138. The summed E-state index contributed by atoms with van der Waals surface area (Å²) in [6.45, 7) is -0.509. The van der Waals surface area contributed by atoms with E-state index in [1.807, 2.05) is 0 Å². The highest BCUT2D eigenvalue weighted by atomic mass is 19.1. The van der Waals surface area contributed by atoms with Gasteiger partial charge in [0.2, 0.25) is 0 Å². The number of hydrogen-bond donors (Lipinski definition) is 2. The standard InChI is InChI=1S/C10H12FNO2/c11-6-8-3-1-7(2-4-8)5-9(12)10(13)14/h1-4,9H,5-6,12H2,(H,13,14). The summed E-state index contributed by atoms with van der Waals surface area (Å²) >= 11 is 0. The maximum atomic E-state index is 12.1. The summed E-state index contributed by atoms with van der Waals surface area (Å²) in [5, 5.41) is 8.56. The van der Waals surface area contributed by atoms with Crippen LogP contribution in [-0.4, -0.2) is 17.1 Å². The van der Waals surface area contributed by atoms with Gasteiger partial charge in [-0.05, 0) is 17.5 Å². The molecule has 1 aromatic carbocycles. The van der Waals surface area contributed by atoms with Crippen LogP contribution in [0.2, 0.25) is 0 Å². The molecule has 3 N–H and O–H groups in total. The number of carboxylic acid groups (broad SMARTS) is 1. The van der Waals surface area contributed by atoms with Crippen LogP contribution >= 0.6 is 0 Å². The van der Waals surface area contributed by atoms with Crippen LogP contribution < -0.4 is 5.73 Å². The van der Waals surface area contributed by atoms with Crippen molar-refractivity contribution in [3.63, 3.8) is 0 Å². The molecule has 0 aromatic heterocycles. The SMILES string of the molecule is NC(Cc1ccc(CF)cc1)C(=O)O. The summed E-state index contributed by atoms with van der Waals surface area (Å²) in [4.78, 5) is 10.4. The molecule has 1 atom stereocenters. The molecule has 14 heavy (non-hydrogen) atoms. The first-order valence-corrected chi connectivity index (χ1v) is 4.25. The second-order valence-corrected chi connectivity index (χ2v) is 3.10. The van der Waals surface area contributed by atoms with Crippen LogP contribution in [0.4, 0.5) is 4.39 Å². The van der Waals surface area contributed by atoms with E-state index in [-0.39, 0.29) is 6.42 Å². The molecule has 3 nitrogen and oxygen atoms in total. The maximum absolute atomic E-state index is 12.1. The summed E-state index contributed by atoms with van der Waals surface area (Å²) in [5.41, 5.74) is 6.73. The third-order valence-corrected chi connectivity index (χ3v) is 1.95. The largest absolute Gasteiger partial charge is 0.480 e. The monoisotopic (exact) mass is 197 g/mol. The molecule has 0 aliphatic carbocycles. The summed E-state index contributed by atoms with van der Waals surface area (Å²) in [7, 11) is 0. The molecule has 0 bridgehead atoms. The Morgan fingerprint density at radius 3 is 2.29 bits per heavy atom. The number of hydrogen-bond acceptors (Lipinski definition) is 2. The molecule has 0 amide bonds. The Morgan fingerprint density at radius 2 is 1.86 bits per heavy atom. The van der Waals surface area contributed by atoms with E-state index in [0.717, 1.165) is 5.56 Å². The molecule has 0 spiro atoms. The molecular formula is C10H12FNO2. The molecule has 1 unspecified atom stereocenters. The second-order valence-electron chi connectivity index (χ2n) is 3.10. The van der Waals surface area contributed by atoms with E-state index >= 15 is 0 Å². The van der Waals surface area contributed by atoms with Crippen LogP contribution in [0.3, 0.4) is 0 Å². The lowest BCUT2D eigenvalue weighted by atomic mass is 10.1. The van der Waals surface area contributed by atoms with Gasteiger partial charge in [-0.15, -0.1) is 0 Å². The molecule has 1 rings (SSSR count). The molecule has 76 valence electrons. The number of alkyl halides is 1. The average Bonchev–Trinajstić information content (AvgIpc) is 2.19. The highest BCUT2D eigenvalue weighted by Crippen LogP contribution is 2.07. The van der Waals surface area contributed by atoms with Crippen LogP contribution in [-0.2, 0) is 17.9 Å². The minimum Gasteiger partial charge on any atom is -0.480 e. The number of nitrogens with two attached hydrogens (primary N) is 1. The molecule has 0 aliphatic rings. The van der Waals surface area contributed by atoms with Crippen molar-refractivity contribution >= 4 is 5.97 Å². The van der Waals surface area contributed by atoms with Crippen molar-refractivity contribution in [2.75, 3.05) is 0 Å². The summed E-state index contributed by atoms with van der Waals surface area (Å²) in [6, 6.07) is 5.75. The third-order valence-electron chi connectivity index (χ3n) is 1.95. The van der Waals surface area contributed by atoms with Crippen LogP contribution in [0.25, 0.3) is 0 Å².